The van der Waals surface area contributed by atoms with Gasteiger partial charge in [-0.1, -0.05) is 22.8 Å². The van der Waals surface area contributed by atoms with Crippen molar-refractivity contribution in [1.29, 1.82) is 0 Å². The molecule has 1 amide bonds. The number of piperazine rings is 1. The molecule has 1 saturated heterocycles. The highest BCUT2D eigenvalue weighted by molar-refractivity contribution is 6.30. The van der Waals surface area contributed by atoms with Crippen molar-refractivity contribution in [2.45, 2.75) is 13.0 Å². The maximum atomic E-state index is 11.5. The third kappa shape index (κ3) is 2.60. The van der Waals surface area contributed by atoms with E-state index in [9.17, 15) is 4.79 Å². The van der Waals surface area contributed by atoms with E-state index in [1.807, 2.05) is 19.1 Å². The van der Waals surface area contributed by atoms with Crippen LogP contribution in [0.1, 0.15) is 6.92 Å². The molecule has 1 aliphatic heterocycles. The van der Waals surface area contributed by atoms with Crippen LogP contribution in [0.15, 0.2) is 28.7 Å². The largest absolute Gasteiger partial charge is 0.403 e. The Morgan fingerprint density at radius 2 is 2.30 bits per heavy atom. The molecule has 0 aliphatic carbocycles. The first-order chi connectivity index (χ1) is 9.61. The Morgan fingerprint density at radius 3 is 3.05 bits per heavy atom. The molecule has 1 atom stereocenters. The van der Waals surface area contributed by atoms with E-state index >= 15 is 0 Å². The smallest absolute Gasteiger partial charge is 0.318 e. The summed E-state index contributed by atoms with van der Waals surface area (Å²) in [6.45, 7) is 2.79. The molecular formula is C13H13ClN4O2. The van der Waals surface area contributed by atoms with Crippen molar-refractivity contribution in [2.75, 3.05) is 18.0 Å². The number of nitrogens with one attached hydrogen (secondary N) is 1. The van der Waals surface area contributed by atoms with Crippen LogP contribution in [0.5, 0.6) is 0 Å². The summed E-state index contributed by atoms with van der Waals surface area (Å²) in [5.41, 5.74) is 0.755. The average molecular weight is 293 g/mol. The molecule has 6 nitrogen and oxygen atoms in total. The molecule has 7 heteroatoms. The van der Waals surface area contributed by atoms with Crippen molar-refractivity contribution in [3.8, 4) is 11.5 Å². The Balaban J connectivity index is 1.85. The van der Waals surface area contributed by atoms with E-state index in [1.165, 1.54) is 0 Å². The van der Waals surface area contributed by atoms with Gasteiger partial charge in [-0.25, -0.2) is 0 Å². The van der Waals surface area contributed by atoms with Gasteiger partial charge in [-0.15, -0.1) is 5.10 Å². The van der Waals surface area contributed by atoms with Crippen LogP contribution in [-0.2, 0) is 4.79 Å². The van der Waals surface area contributed by atoms with Crippen molar-refractivity contribution < 1.29 is 9.21 Å². The standard InChI is InChI=1S/C13H13ClN4O2/c1-8-6-18(7-11(19)15-8)13-17-16-12(20-13)9-3-2-4-10(14)5-9/h2-5,8H,6-7H2,1H3,(H,15,19). The maximum absolute atomic E-state index is 11.5. The molecule has 1 aromatic heterocycles. The fourth-order valence-electron chi connectivity index (χ4n) is 2.16. The van der Waals surface area contributed by atoms with E-state index in [0.29, 0.717) is 23.5 Å². The molecule has 2 heterocycles. The van der Waals surface area contributed by atoms with Crippen molar-refractivity contribution in [3.63, 3.8) is 0 Å². The quantitative estimate of drug-likeness (QED) is 0.912. The van der Waals surface area contributed by atoms with E-state index in [4.69, 9.17) is 16.0 Å². The predicted molar refractivity (Wildman–Crippen MR) is 74.6 cm³/mol. The van der Waals surface area contributed by atoms with Crippen molar-refractivity contribution in [1.82, 2.24) is 15.5 Å². The van der Waals surface area contributed by atoms with Gasteiger partial charge in [0.1, 0.15) is 6.54 Å². The summed E-state index contributed by atoms with van der Waals surface area (Å²) >= 11 is 5.94. The number of carbonyl (C=O) groups excluding carboxylic acids is 1. The number of hydrogen-bond acceptors (Lipinski definition) is 5. The molecule has 3 rings (SSSR count). The van der Waals surface area contributed by atoms with Crippen LogP contribution >= 0.6 is 11.6 Å². The highest BCUT2D eigenvalue weighted by atomic mass is 35.5. The van der Waals surface area contributed by atoms with Gasteiger partial charge in [-0.2, -0.15) is 0 Å². The summed E-state index contributed by atoms with van der Waals surface area (Å²) in [4.78, 5) is 13.3. The fourth-order valence-corrected chi connectivity index (χ4v) is 2.35. The molecule has 1 N–H and O–H groups in total. The normalized spacial score (nSPS) is 19.0. The van der Waals surface area contributed by atoms with Gasteiger partial charge >= 0.3 is 6.01 Å². The lowest BCUT2D eigenvalue weighted by Gasteiger charge is -2.29. The molecule has 0 spiro atoms. The highest BCUT2D eigenvalue weighted by Gasteiger charge is 2.25. The predicted octanol–water partition coefficient (Wildman–Crippen LogP) is 1.71. The molecule has 0 radical (unpaired) electrons. The van der Waals surface area contributed by atoms with Crippen LogP contribution in [0.4, 0.5) is 6.01 Å². The lowest BCUT2D eigenvalue weighted by Crippen LogP contribution is -2.53. The van der Waals surface area contributed by atoms with E-state index in [1.54, 1.807) is 17.0 Å². The van der Waals surface area contributed by atoms with Gasteiger partial charge in [-0.3, -0.25) is 4.79 Å². The van der Waals surface area contributed by atoms with Gasteiger partial charge in [0, 0.05) is 23.2 Å². The third-order valence-corrected chi connectivity index (χ3v) is 3.23. The SMILES string of the molecule is CC1CN(c2nnc(-c3cccc(Cl)c3)o2)CC(=O)N1. The molecule has 2 aromatic rings. The van der Waals surface area contributed by atoms with Crippen LogP contribution in [0.2, 0.25) is 5.02 Å². The van der Waals surface area contributed by atoms with Crippen molar-refractivity contribution in [3.05, 3.63) is 29.3 Å². The van der Waals surface area contributed by atoms with Crippen LogP contribution in [0.3, 0.4) is 0 Å². The Labute approximate surface area is 120 Å². The zero-order valence-electron chi connectivity index (χ0n) is 10.8. The zero-order chi connectivity index (χ0) is 14.1. The van der Waals surface area contributed by atoms with Gasteiger partial charge < -0.3 is 14.6 Å². The molecular weight excluding hydrogens is 280 g/mol. The zero-order valence-corrected chi connectivity index (χ0v) is 11.6. The first-order valence-corrected chi connectivity index (χ1v) is 6.63. The van der Waals surface area contributed by atoms with Gasteiger partial charge in [0.25, 0.3) is 0 Å². The summed E-state index contributed by atoms with van der Waals surface area (Å²) in [6.07, 6.45) is 0. The number of halogens is 1. The Hall–Kier alpha value is -2.08. The van der Waals surface area contributed by atoms with E-state index in [0.717, 1.165) is 5.56 Å². The Kier molecular flexibility index (Phi) is 3.31. The van der Waals surface area contributed by atoms with Crippen molar-refractivity contribution >= 4 is 23.5 Å². The minimum atomic E-state index is -0.0498. The summed E-state index contributed by atoms with van der Waals surface area (Å²) in [7, 11) is 0. The number of amides is 1. The number of benzene rings is 1. The third-order valence-electron chi connectivity index (χ3n) is 2.99. The lowest BCUT2D eigenvalue weighted by molar-refractivity contribution is -0.121. The molecule has 1 fully saturated rings. The molecule has 1 unspecified atom stereocenters. The highest BCUT2D eigenvalue weighted by Crippen LogP contribution is 2.24. The van der Waals surface area contributed by atoms with Crippen LogP contribution in [-0.4, -0.2) is 35.2 Å². The second kappa shape index (κ2) is 5.13. The Bertz CT molecular complexity index is 643. The summed E-state index contributed by atoms with van der Waals surface area (Å²) < 4.78 is 5.63. The van der Waals surface area contributed by atoms with E-state index < -0.39 is 0 Å². The molecule has 1 aliphatic rings. The molecule has 0 saturated carbocycles. The lowest BCUT2D eigenvalue weighted by atomic mass is 10.2. The van der Waals surface area contributed by atoms with Crippen LogP contribution < -0.4 is 10.2 Å². The minimum absolute atomic E-state index is 0.0498. The number of anilines is 1. The monoisotopic (exact) mass is 292 g/mol. The first kappa shape index (κ1) is 12.9. The summed E-state index contributed by atoms with van der Waals surface area (Å²) in [6, 6.07) is 7.59. The number of rotatable bonds is 2. The maximum Gasteiger partial charge on any atom is 0.318 e. The first-order valence-electron chi connectivity index (χ1n) is 6.25. The molecule has 1 aromatic carbocycles. The van der Waals surface area contributed by atoms with Crippen LogP contribution in [0.25, 0.3) is 11.5 Å². The van der Waals surface area contributed by atoms with Crippen molar-refractivity contribution in [2.24, 2.45) is 0 Å². The Morgan fingerprint density at radius 1 is 1.45 bits per heavy atom. The van der Waals surface area contributed by atoms with E-state index in [-0.39, 0.29) is 18.5 Å². The number of aromatic nitrogens is 2. The summed E-state index contributed by atoms with van der Waals surface area (Å²) in [5.74, 6) is 0.340. The number of carbonyl (C=O) groups is 1. The number of hydrogen-bond donors (Lipinski definition) is 1. The second-order valence-electron chi connectivity index (χ2n) is 4.75. The summed E-state index contributed by atoms with van der Waals surface area (Å²) in [5, 5.41) is 11.4. The molecule has 0 bridgehead atoms. The second-order valence-corrected chi connectivity index (χ2v) is 5.19. The fraction of sp³-hybridized carbons (Fsp3) is 0.308. The van der Waals surface area contributed by atoms with Gasteiger partial charge in [0.05, 0.1) is 0 Å². The van der Waals surface area contributed by atoms with E-state index in [2.05, 4.69) is 15.5 Å². The number of nitrogens with zero attached hydrogens (tertiary/aromatic N) is 3. The van der Waals surface area contributed by atoms with Crippen LogP contribution in [0, 0.1) is 0 Å². The van der Waals surface area contributed by atoms with Gasteiger partial charge in [0.2, 0.25) is 11.8 Å². The van der Waals surface area contributed by atoms with Gasteiger partial charge in [0.15, 0.2) is 0 Å². The average Bonchev–Trinajstić information content (AvgIpc) is 2.87. The topological polar surface area (TPSA) is 71.3 Å². The minimum Gasteiger partial charge on any atom is -0.403 e. The molecule has 20 heavy (non-hydrogen) atoms. The van der Waals surface area contributed by atoms with Gasteiger partial charge in [-0.05, 0) is 25.1 Å². The molecule has 104 valence electrons.